The van der Waals surface area contributed by atoms with E-state index in [9.17, 15) is 0 Å². The second-order valence-electron chi connectivity index (χ2n) is 2.31. The number of anilines is 1. The summed E-state index contributed by atoms with van der Waals surface area (Å²) >= 11 is 1.66. The number of hydrogen-bond acceptors (Lipinski definition) is 2. The van der Waals surface area contributed by atoms with Gasteiger partial charge in [-0.3, -0.25) is 0 Å². The molecule has 0 atom stereocenters. The lowest BCUT2D eigenvalue weighted by atomic mass is 10.1. The first-order chi connectivity index (χ1) is 4.79. The van der Waals surface area contributed by atoms with Gasteiger partial charge in [0.05, 0.1) is 5.00 Å². The molecular weight excluding hydrogens is 178 g/mol. The fraction of sp³-hybridized carbons (Fsp3) is 0.500. The standard InChI is InChI=1S/C8H13NS.ClH/c1-3-6-5-10-8(9)7(6)4-2;/h5H,3-4,9H2,1-2H3;1H. The molecule has 1 aromatic rings. The Morgan fingerprint density at radius 3 is 2.36 bits per heavy atom. The van der Waals surface area contributed by atoms with E-state index in [4.69, 9.17) is 5.73 Å². The lowest BCUT2D eigenvalue weighted by molar-refractivity contribution is 1.06. The van der Waals surface area contributed by atoms with Crippen LogP contribution < -0.4 is 5.73 Å². The Kier molecular flexibility index (Phi) is 4.54. The number of hydrogen-bond donors (Lipinski definition) is 1. The van der Waals surface area contributed by atoms with E-state index in [2.05, 4.69) is 19.2 Å². The molecule has 1 aromatic heterocycles. The van der Waals surface area contributed by atoms with Crippen LogP contribution in [0, 0.1) is 0 Å². The Morgan fingerprint density at radius 1 is 1.36 bits per heavy atom. The Hall–Kier alpha value is -0.210. The summed E-state index contributed by atoms with van der Waals surface area (Å²) in [4.78, 5) is 0. The van der Waals surface area contributed by atoms with Gasteiger partial charge in [0.15, 0.2) is 0 Å². The Bertz CT molecular complexity index is 220. The van der Waals surface area contributed by atoms with E-state index >= 15 is 0 Å². The highest BCUT2D eigenvalue weighted by atomic mass is 35.5. The third-order valence-corrected chi connectivity index (χ3v) is 2.65. The van der Waals surface area contributed by atoms with Crippen LogP contribution in [-0.4, -0.2) is 0 Å². The first-order valence-corrected chi connectivity index (χ1v) is 4.52. The van der Waals surface area contributed by atoms with Crippen molar-refractivity contribution in [3.05, 3.63) is 16.5 Å². The predicted octanol–water partition coefficient (Wildman–Crippen LogP) is 2.88. The van der Waals surface area contributed by atoms with Crippen molar-refractivity contribution in [3.8, 4) is 0 Å². The summed E-state index contributed by atoms with van der Waals surface area (Å²) in [6.45, 7) is 4.32. The Labute approximate surface area is 78.0 Å². The fourth-order valence-electron chi connectivity index (χ4n) is 1.13. The summed E-state index contributed by atoms with van der Waals surface area (Å²) in [6, 6.07) is 0. The minimum atomic E-state index is 0. The maximum absolute atomic E-state index is 5.75. The molecule has 3 heteroatoms. The van der Waals surface area contributed by atoms with Gasteiger partial charge in [0.25, 0.3) is 0 Å². The molecule has 0 unspecified atom stereocenters. The zero-order chi connectivity index (χ0) is 7.56. The van der Waals surface area contributed by atoms with Crippen molar-refractivity contribution in [1.82, 2.24) is 0 Å². The lowest BCUT2D eigenvalue weighted by Crippen LogP contribution is -1.89. The van der Waals surface area contributed by atoms with Gasteiger partial charge in [0.1, 0.15) is 0 Å². The molecule has 11 heavy (non-hydrogen) atoms. The van der Waals surface area contributed by atoms with Crippen LogP contribution in [0.1, 0.15) is 25.0 Å². The molecule has 0 aliphatic rings. The van der Waals surface area contributed by atoms with Gasteiger partial charge in [-0.2, -0.15) is 0 Å². The quantitative estimate of drug-likeness (QED) is 0.765. The number of aryl methyl sites for hydroxylation is 1. The highest BCUT2D eigenvalue weighted by molar-refractivity contribution is 7.14. The second-order valence-corrected chi connectivity index (χ2v) is 3.22. The van der Waals surface area contributed by atoms with Crippen molar-refractivity contribution < 1.29 is 0 Å². The van der Waals surface area contributed by atoms with Gasteiger partial charge in [-0.1, -0.05) is 13.8 Å². The average molecular weight is 192 g/mol. The van der Waals surface area contributed by atoms with Crippen molar-refractivity contribution in [2.24, 2.45) is 0 Å². The zero-order valence-corrected chi connectivity index (χ0v) is 8.52. The first-order valence-electron chi connectivity index (χ1n) is 3.64. The van der Waals surface area contributed by atoms with Crippen LogP contribution in [0.4, 0.5) is 5.00 Å². The highest BCUT2D eigenvalue weighted by Crippen LogP contribution is 2.25. The number of rotatable bonds is 2. The number of nitrogens with two attached hydrogens (primary N) is 1. The minimum Gasteiger partial charge on any atom is -0.390 e. The molecule has 0 saturated carbocycles. The van der Waals surface area contributed by atoms with Crippen LogP contribution in [0.3, 0.4) is 0 Å². The van der Waals surface area contributed by atoms with Gasteiger partial charge in [0.2, 0.25) is 0 Å². The number of thiophene rings is 1. The second kappa shape index (κ2) is 4.62. The van der Waals surface area contributed by atoms with E-state index in [0.717, 1.165) is 17.8 Å². The van der Waals surface area contributed by atoms with Crippen molar-refractivity contribution >= 4 is 28.7 Å². The van der Waals surface area contributed by atoms with Gasteiger partial charge in [-0.25, -0.2) is 0 Å². The molecule has 1 nitrogen and oxygen atoms in total. The van der Waals surface area contributed by atoms with Crippen molar-refractivity contribution in [1.29, 1.82) is 0 Å². The van der Waals surface area contributed by atoms with Crippen LogP contribution in [0.2, 0.25) is 0 Å². The van der Waals surface area contributed by atoms with Crippen LogP contribution in [0.15, 0.2) is 5.38 Å². The normalized spacial score (nSPS) is 9.27. The molecule has 1 rings (SSSR count). The Morgan fingerprint density at radius 2 is 2.00 bits per heavy atom. The SMILES string of the molecule is CCc1csc(N)c1CC.Cl. The van der Waals surface area contributed by atoms with Gasteiger partial charge < -0.3 is 5.73 Å². The van der Waals surface area contributed by atoms with E-state index in [1.54, 1.807) is 11.3 Å². The maximum atomic E-state index is 5.75. The smallest absolute Gasteiger partial charge is 0.0891 e. The monoisotopic (exact) mass is 191 g/mol. The molecule has 1 heterocycles. The van der Waals surface area contributed by atoms with Gasteiger partial charge in [-0.15, -0.1) is 23.7 Å². The third kappa shape index (κ3) is 2.11. The van der Waals surface area contributed by atoms with Crippen LogP contribution >= 0.6 is 23.7 Å². The molecule has 2 N–H and O–H groups in total. The molecular formula is C8H14ClNS. The fourth-order valence-corrected chi connectivity index (χ4v) is 2.13. The summed E-state index contributed by atoms with van der Waals surface area (Å²) in [5.41, 5.74) is 8.52. The number of nitrogen functional groups attached to an aromatic ring is 1. The van der Waals surface area contributed by atoms with Gasteiger partial charge in [-0.05, 0) is 29.3 Å². The highest BCUT2D eigenvalue weighted by Gasteiger charge is 2.03. The molecule has 0 spiro atoms. The van der Waals surface area contributed by atoms with E-state index in [0.29, 0.717) is 0 Å². The van der Waals surface area contributed by atoms with E-state index < -0.39 is 0 Å². The minimum absolute atomic E-state index is 0. The molecule has 0 aromatic carbocycles. The summed E-state index contributed by atoms with van der Waals surface area (Å²) in [5, 5.41) is 3.16. The molecule has 0 aliphatic heterocycles. The van der Waals surface area contributed by atoms with Crippen molar-refractivity contribution in [3.63, 3.8) is 0 Å². The van der Waals surface area contributed by atoms with Crippen LogP contribution in [-0.2, 0) is 12.8 Å². The van der Waals surface area contributed by atoms with E-state index in [1.807, 2.05) is 0 Å². The average Bonchev–Trinajstić information content (AvgIpc) is 2.30. The number of halogens is 1. The lowest BCUT2D eigenvalue weighted by Gasteiger charge is -1.97. The molecule has 0 saturated heterocycles. The van der Waals surface area contributed by atoms with E-state index in [-0.39, 0.29) is 12.4 Å². The first kappa shape index (κ1) is 10.8. The predicted molar refractivity (Wildman–Crippen MR) is 54.7 cm³/mol. The summed E-state index contributed by atoms with van der Waals surface area (Å²) < 4.78 is 0. The molecule has 0 amide bonds. The molecule has 64 valence electrons. The van der Waals surface area contributed by atoms with Gasteiger partial charge in [0, 0.05) is 0 Å². The maximum Gasteiger partial charge on any atom is 0.0891 e. The molecule has 0 bridgehead atoms. The molecule has 0 fully saturated rings. The summed E-state index contributed by atoms with van der Waals surface area (Å²) in [7, 11) is 0. The summed E-state index contributed by atoms with van der Waals surface area (Å²) in [6.07, 6.45) is 2.18. The topological polar surface area (TPSA) is 26.0 Å². The molecule has 0 aliphatic carbocycles. The summed E-state index contributed by atoms with van der Waals surface area (Å²) in [5.74, 6) is 0. The largest absolute Gasteiger partial charge is 0.390 e. The van der Waals surface area contributed by atoms with Crippen molar-refractivity contribution in [2.75, 3.05) is 5.73 Å². The third-order valence-electron chi connectivity index (χ3n) is 1.75. The van der Waals surface area contributed by atoms with Crippen LogP contribution in [0.5, 0.6) is 0 Å². The van der Waals surface area contributed by atoms with Crippen LogP contribution in [0.25, 0.3) is 0 Å². The zero-order valence-electron chi connectivity index (χ0n) is 6.89. The molecule has 0 radical (unpaired) electrons. The van der Waals surface area contributed by atoms with E-state index in [1.165, 1.54) is 11.1 Å². The van der Waals surface area contributed by atoms with Gasteiger partial charge >= 0.3 is 0 Å². The van der Waals surface area contributed by atoms with Crippen molar-refractivity contribution in [2.45, 2.75) is 26.7 Å². The Balaban J connectivity index is 0.000001000.